The summed E-state index contributed by atoms with van der Waals surface area (Å²) >= 11 is 0. The number of nitrogens with one attached hydrogen (secondary N) is 1. The monoisotopic (exact) mass is 404 g/mol. The van der Waals surface area contributed by atoms with E-state index in [-0.39, 0.29) is 19.0 Å². The van der Waals surface area contributed by atoms with Gasteiger partial charge in [-0.1, -0.05) is 60.7 Å². The van der Waals surface area contributed by atoms with E-state index in [1.165, 1.54) is 0 Å². The summed E-state index contributed by atoms with van der Waals surface area (Å²) in [5.74, 6) is -2.17. The fourth-order valence-electron chi connectivity index (χ4n) is 3.05. The zero-order valence-corrected chi connectivity index (χ0v) is 15.6. The summed E-state index contributed by atoms with van der Waals surface area (Å²) < 4.78 is 39.7. The average Bonchev–Trinajstić information content (AvgIpc) is 2.99. The fraction of sp³-hybridized carbons (Fsp3) is 0.250. The number of nitrogens with zero attached hydrogens (tertiary/aromatic N) is 3. The van der Waals surface area contributed by atoms with Gasteiger partial charge in [0.2, 0.25) is 11.7 Å². The van der Waals surface area contributed by atoms with E-state index in [4.69, 9.17) is 0 Å². The summed E-state index contributed by atoms with van der Waals surface area (Å²) in [6.07, 6.45) is -4.73. The molecule has 1 aromatic heterocycles. The maximum atomic E-state index is 12.9. The molecular weight excluding hydrogens is 385 g/mol. The van der Waals surface area contributed by atoms with Crippen molar-refractivity contribution in [2.75, 3.05) is 6.54 Å². The van der Waals surface area contributed by atoms with Crippen molar-refractivity contribution in [3.63, 3.8) is 0 Å². The van der Waals surface area contributed by atoms with Gasteiger partial charge in [-0.25, -0.2) is 9.48 Å². The van der Waals surface area contributed by atoms with Gasteiger partial charge in [0.1, 0.15) is 0 Å². The van der Waals surface area contributed by atoms with Gasteiger partial charge in [0.15, 0.2) is 0 Å². The van der Waals surface area contributed by atoms with Crippen LogP contribution < -0.4 is 11.0 Å². The summed E-state index contributed by atoms with van der Waals surface area (Å²) in [6.45, 7) is -0.214. The molecular formula is C20H19F3N4O2. The first-order valence-corrected chi connectivity index (χ1v) is 8.87. The van der Waals surface area contributed by atoms with Gasteiger partial charge in [0.05, 0.1) is 12.5 Å². The second-order valence-corrected chi connectivity index (χ2v) is 6.43. The molecule has 0 saturated heterocycles. The van der Waals surface area contributed by atoms with Gasteiger partial charge in [-0.2, -0.15) is 13.2 Å². The van der Waals surface area contributed by atoms with Crippen LogP contribution in [0.1, 0.15) is 22.9 Å². The molecule has 0 bridgehead atoms. The van der Waals surface area contributed by atoms with Crippen LogP contribution in [0.25, 0.3) is 0 Å². The van der Waals surface area contributed by atoms with E-state index in [2.05, 4.69) is 10.4 Å². The summed E-state index contributed by atoms with van der Waals surface area (Å²) in [7, 11) is 1.01. The summed E-state index contributed by atoms with van der Waals surface area (Å²) in [4.78, 5) is 24.8. The zero-order chi connectivity index (χ0) is 21.0. The van der Waals surface area contributed by atoms with E-state index >= 15 is 0 Å². The highest BCUT2D eigenvalue weighted by Gasteiger charge is 2.38. The molecule has 152 valence electrons. The van der Waals surface area contributed by atoms with Crippen molar-refractivity contribution in [1.82, 2.24) is 19.7 Å². The molecule has 0 aliphatic heterocycles. The minimum absolute atomic E-state index is 0.0385. The Morgan fingerprint density at radius 1 is 1.03 bits per heavy atom. The third-order valence-corrected chi connectivity index (χ3v) is 4.45. The first-order valence-electron chi connectivity index (χ1n) is 8.87. The van der Waals surface area contributed by atoms with E-state index in [1.54, 1.807) is 0 Å². The quantitative estimate of drug-likeness (QED) is 0.687. The van der Waals surface area contributed by atoms with Crippen molar-refractivity contribution >= 4 is 5.91 Å². The van der Waals surface area contributed by atoms with Gasteiger partial charge in [-0.15, -0.1) is 5.10 Å². The minimum Gasteiger partial charge on any atom is -0.353 e. The molecule has 3 aromatic rings. The molecule has 0 spiro atoms. The Hall–Kier alpha value is -3.36. The van der Waals surface area contributed by atoms with Crippen LogP contribution in [0.4, 0.5) is 13.2 Å². The lowest BCUT2D eigenvalue weighted by Crippen LogP contribution is -2.35. The minimum atomic E-state index is -4.73. The molecule has 1 amide bonds. The first-order chi connectivity index (χ1) is 13.8. The third kappa shape index (κ3) is 4.56. The number of alkyl halides is 3. The number of amides is 1. The molecule has 2 aromatic carbocycles. The van der Waals surface area contributed by atoms with Crippen LogP contribution in [0.5, 0.6) is 0 Å². The van der Waals surface area contributed by atoms with Crippen LogP contribution in [-0.2, 0) is 24.6 Å². The first kappa shape index (κ1) is 20.4. The Morgan fingerprint density at radius 3 is 2.00 bits per heavy atom. The standard InChI is InChI=1S/C20H19F3N4O2/c1-26-18(20(21,22)23)25-27(19(26)29)13-12-24-17(28)16(14-8-4-2-5-9-14)15-10-6-3-7-11-15/h2-11,16H,12-13H2,1H3,(H,24,28). The molecule has 1 heterocycles. The maximum absolute atomic E-state index is 12.9. The summed E-state index contributed by atoms with van der Waals surface area (Å²) in [5, 5.41) is 6.02. The Bertz CT molecular complexity index is 988. The average molecular weight is 404 g/mol. The molecule has 3 rings (SSSR count). The van der Waals surface area contributed by atoms with Crippen LogP contribution >= 0.6 is 0 Å². The number of benzene rings is 2. The van der Waals surface area contributed by atoms with Gasteiger partial charge >= 0.3 is 11.9 Å². The summed E-state index contributed by atoms with van der Waals surface area (Å²) in [5.41, 5.74) is 0.672. The lowest BCUT2D eigenvalue weighted by atomic mass is 9.90. The van der Waals surface area contributed by atoms with E-state index in [1.807, 2.05) is 60.7 Å². The number of halogens is 3. The molecule has 9 heteroatoms. The smallest absolute Gasteiger partial charge is 0.353 e. The van der Waals surface area contributed by atoms with Gasteiger partial charge in [-0.05, 0) is 11.1 Å². The number of aromatic nitrogens is 3. The molecule has 29 heavy (non-hydrogen) atoms. The Morgan fingerprint density at radius 2 is 1.55 bits per heavy atom. The normalized spacial score (nSPS) is 11.6. The molecule has 0 unspecified atom stereocenters. The van der Waals surface area contributed by atoms with Gasteiger partial charge in [-0.3, -0.25) is 9.36 Å². The van der Waals surface area contributed by atoms with Crippen molar-refractivity contribution in [3.05, 3.63) is 88.1 Å². The van der Waals surface area contributed by atoms with E-state index in [0.717, 1.165) is 18.2 Å². The number of hydrogen-bond donors (Lipinski definition) is 1. The molecule has 0 fully saturated rings. The molecule has 0 saturated carbocycles. The number of hydrogen-bond acceptors (Lipinski definition) is 3. The molecule has 1 N–H and O–H groups in total. The van der Waals surface area contributed by atoms with E-state index < -0.39 is 23.6 Å². The molecule has 6 nitrogen and oxygen atoms in total. The molecule has 0 aliphatic rings. The maximum Gasteiger partial charge on any atom is 0.451 e. The van der Waals surface area contributed by atoms with Crippen molar-refractivity contribution < 1.29 is 18.0 Å². The van der Waals surface area contributed by atoms with Crippen LogP contribution in [-0.4, -0.2) is 26.8 Å². The second kappa shape index (κ2) is 8.34. The van der Waals surface area contributed by atoms with Gasteiger partial charge in [0.25, 0.3) is 0 Å². The Balaban J connectivity index is 1.74. The van der Waals surface area contributed by atoms with E-state index in [0.29, 0.717) is 9.25 Å². The van der Waals surface area contributed by atoms with Crippen LogP contribution in [0.15, 0.2) is 65.5 Å². The molecule has 0 aliphatic carbocycles. The lowest BCUT2D eigenvalue weighted by Gasteiger charge is -2.17. The number of rotatable bonds is 6. The van der Waals surface area contributed by atoms with Crippen LogP contribution in [0, 0.1) is 0 Å². The topological polar surface area (TPSA) is 68.9 Å². The SMILES string of the molecule is Cn1c(C(F)(F)F)nn(CCNC(=O)C(c2ccccc2)c2ccccc2)c1=O. The zero-order valence-electron chi connectivity index (χ0n) is 15.6. The number of carbonyl (C=O) groups excluding carboxylic acids is 1. The van der Waals surface area contributed by atoms with Gasteiger partial charge in [0, 0.05) is 13.6 Å². The molecule has 0 radical (unpaired) electrons. The Labute approximate surface area is 164 Å². The highest BCUT2D eigenvalue weighted by molar-refractivity contribution is 5.87. The largest absolute Gasteiger partial charge is 0.451 e. The fourth-order valence-corrected chi connectivity index (χ4v) is 3.05. The van der Waals surface area contributed by atoms with Crippen molar-refractivity contribution in [3.8, 4) is 0 Å². The summed E-state index contributed by atoms with van der Waals surface area (Å²) in [6, 6.07) is 18.3. The van der Waals surface area contributed by atoms with Gasteiger partial charge < -0.3 is 5.32 Å². The van der Waals surface area contributed by atoms with E-state index in [9.17, 15) is 22.8 Å². The number of carbonyl (C=O) groups is 1. The molecule has 0 atom stereocenters. The van der Waals surface area contributed by atoms with Crippen molar-refractivity contribution in [2.45, 2.75) is 18.6 Å². The van der Waals surface area contributed by atoms with Crippen molar-refractivity contribution in [2.24, 2.45) is 7.05 Å². The highest BCUT2D eigenvalue weighted by Crippen LogP contribution is 2.26. The van der Waals surface area contributed by atoms with Crippen LogP contribution in [0.2, 0.25) is 0 Å². The predicted octanol–water partition coefficient (Wildman–Crippen LogP) is 2.55. The Kier molecular flexibility index (Phi) is 5.86. The van der Waals surface area contributed by atoms with Crippen molar-refractivity contribution in [1.29, 1.82) is 0 Å². The predicted molar refractivity (Wildman–Crippen MR) is 100 cm³/mol. The lowest BCUT2D eigenvalue weighted by molar-refractivity contribution is -0.147. The van der Waals surface area contributed by atoms with Crippen LogP contribution in [0.3, 0.4) is 0 Å². The second-order valence-electron chi connectivity index (χ2n) is 6.43. The third-order valence-electron chi connectivity index (χ3n) is 4.45. The highest BCUT2D eigenvalue weighted by atomic mass is 19.4.